The molecule has 3 N–H and O–H groups in total. The van der Waals surface area contributed by atoms with Gasteiger partial charge in [-0.25, -0.2) is 14.2 Å². The maximum Gasteiger partial charge on any atom is 0.490 e. The van der Waals surface area contributed by atoms with Gasteiger partial charge in [0.25, 0.3) is 0 Å². The van der Waals surface area contributed by atoms with Gasteiger partial charge in [-0.2, -0.15) is 0 Å². The molecule has 0 atom stereocenters. The fourth-order valence-electron chi connectivity index (χ4n) is 0.751. The Balaban J connectivity index is 3.13. The number of carboxylic acids is 1. The van der Waals surface area contributed by atoms with Crippen molar-refractivity contribution in [1.29, 1.82) is 0 Å². The van der Waals surface area contributed by atoms with Gasteiger partial charge in [0.15, 0.2) is 11.5 Å². The van der Waals surface area contributed by atoms with Crippen molar-refractivity contribution in [2.75, 3.05) is 0 Å². The molecule has 0 fully saturated rings. The van der Waals surface area contributed by atoms with Crippen molar-refractivity contribution in [2.24, 2.45) is 0 Å². The maximum atomic E-state index is 12.8. The molecule has 68 valence electrons. The third-order valence-electron chi connectivity index (χ3n) is 1.36. The van der Waals surface area contributed by atoms with Crippen molar-refractivity contribution in [2.45, 2.75) is 0 Å². The number of carbonyl (C=O) groups is 1. The molecule has 13 heavy (non-hydrogen) atoms. The Morgan fingerprint density at radius 3 is 2.54 bits per heavy atom. The first-order valence-electron chi connectivity index (χ1n) is 3.27. The second-order valence-electron chi connectivity index (χ2n) is 2.28. The standard InChI is InChI=1S/C6H5BFNO4/c8-4-1-3(7(12)13)2-9-5(4)6(10)11/h1-2,12-13H,(H,10,11). The first-order chi connectivity index (χ1) is 6.02. The number of halogens is 1. The molecule has 0 saturated heterocycles. The third-order valence-corrected chi connectivity index (χ3v) is 1.36. The van der Waals surface area contributed by atoms with Gasteiger partial charge >= 0.3 is 13.1 Å². The molecule has 0 radical (unpaired) electrons. The van der Waals surface area contributed by atoms with Gasteiger partial charge < -0.3 is 15.2 Å². The smallest absolute Gasteiger partial charge is 0.476 e. The summed E-state index contributed by atoms with van der Waals surface area (Å²) in [6, 6.07) is 0.709. The van der Waals surface area contributed by atoms with Crippen molar-refractivity contribution in [1.82, 2.24) is 4.98 Å². The normalized spacial score (nSPS) is 9.77. The molecule has 1 aromatic heterocycles. The zero-order chi connectivity index (χ0) is 10.0. The summed E-state index contributed by atoms with van der Waals surface area (Å²) in [7, 11) is -1.86. The number of hydrogen-bond acceptors (Lipinski definition) is 4. The minimum absolute atomic E-state index is 0.192. The van der Waals surface area contributed by atoms with Gasteiger partial charge in [0.1, 0.15) is 0 Å². The maximum absolute atomic E-state index is 12.8. The van der Waals surface area contributed by atoms with Crippen LogP contribution < -0.4 is 5.46 Å². The van der Waals surface area contributed by atoms with Crippen LogP contribution in [0.25, 0.3) is 0 Å². The van der Waals surface area contributed by atoms with E-state index in [0.29, 0.717) is 6.07 Å². The van der Waals surface area contributed by atoms with Gasteiger partial charge in [-0.15, -0.1) is 0 Å². The number of hydrogen-bond donors (Lipinski definition) is 3. The lowest BCUT2D eigenvalue weighted by molar-refractivity contribution is 0.0685. The van der Waals surface area contributed by atoms with Crippen LogP contribution in [-0.2, 0) is 0 Å². The number of rotatable bonds is 2. The first-order valence-corrected chi connectivity index (χ1v) is 3.27. The van der Waals surface area contributed by atoms with Crippen molar-refractivity contribution >= 4 is 18.6 Å². The van der Waals surface area contributed by atoms with Crippen molar-refractivity contribution in [3.63, 3.8) is 0 Å². The SMILES string of the molecule is O=C(O)c1ncc(B(O)O)cc1F. The van der Waals surface area contributed by atoms with Gasteiger partial charge in [-0.1, -0.05) is 0 Å². The van der Waals surface area contributed by atoms with E-state index < -0.39 is 24.6 Å². The lowest BCUT2D eigenvalue weighted by Crippen LogP contribution is -2.31. The van der Waals surface area contributed by atoms with Crippen LogP contribution in [0.3, 0.4) is 0 Å². The van der Waals surface area contributed by atoms with E-state index in [1.54, 1.807) is 0 Å². The Labute approximate surface area is 72.6 Å². The predicted octanol–water partition coefficient (Wildman–Crippen LogP) is -1.40. The molecular formula is C6H5BFNO4. The molecule has 1 rings (SSSR count). The summed E-state index contributed by atoms with van der Waals surface area (Å²) >= 11 is 0. The van der Waals surface area contributed by atoms with Gasteiger partial charge in [-0.05, 0) is 6.07 Å². The van der Waals surface area contributed by atoms with E-state index in [0.717, 1.165) is 6.20 Å². The van der Waals surface area contributed by atoms with E-state index >= 15 is 0 Å². The van der Waals surface area contributed by atoms with Crippen molar-refractivity contribution in [3.8, 4) is 0 Å². The lowest BCUT2D eigenvalue weighted by atomic mass is 9.81. The average molecular weight is 185 g/mol. The van der Waals surface area contributed by atoms with Gasteiger partial charge in [0.2, 0.25) is 0 Å². The monoisotopic (exact) mass is 185 g/mol. The largest absolute Gasteiger partial charge is 0.490 e. The van der Waals surface area contributed by atoms with Crippen LogP contribution in [0.4, 0.5) is 4.39 Å². The molecule has 0 bridgehead atoms. The fourth-order valence-corrected chi connectivity index (χ4v) is 0.751. The first kappa shape index (κ1) is 9.62. The summed E-state index contributed by atoms with van der Waals surface area (Å²) in [5, 5.41) is 25.5. The second-order valence-corrected chi connectivity index (χ2v) is 2.28. The summed E-state index contributed by atoms with van der Waals surface area (Å²) in [6.45, 7) is 0. The molecule has 0 aliphatic carbocycles. The summed E-state index contributed by atoms with van der Waals surface area (Å²) in [6.07, 6.45) is 0.886. The molecular weight excluding hydrogens is 180 g/mol. The molecule has 0 saturated carbocycles. The zero-order valence-corrected chi connectivity index (χ0v) is 6.31. The molecule has 1 aromatic rings. The Morgan fingerprint density at radius 1 is 1.54 bits per heavy atom. The van der Waals surface area contributed by atoms with Crippen molar-refractivity contribution in [3.05, 3.63) is 23.8 Å². The number of nitrogens with zero attached hydrogens (tertiary/aromatic N) is 1. The number of aromatic carboxylic acids is 1. The van der Waals surface area contributed by atoms with E-state index in [1.165, 1.54) is 0 Å². The van der Waals surface area contributed by atoms with Gasteiger partial charge in [0.05, 0.1) is 0 Å². The molecule has 0 aromatic carbocycles. The Bertz CT molecular complexity index is 343. The van der Waals surface area contributed by atoms with Gasteiger partial charge in [0, 0.05) is 11.7 Å². The fraction of sp³-hybridized carbons (Fsp3) is 0. The molecule has 0 spiro atoms. The molecule has 0 amide bonds. The number of aromatic nitrogens is 1. The van der Waals surface area contributed by atoms with Crippen LogP contribution in [0.1, 0.15) is 10.5 Å². The van der Waals surface area contributed by atoms with Crippen molar-refractivity contribution < 1.29 is 24.3 Å². The highest BCUT2D eigenvalue weighted by molar-refractivity contribution is 6.58. The van der Waals surface area contributed by atoms with Crippen LogP contribution >= 0.6 is 0 Å². The molecule has 7 heteroatoms. The van der Waals surface area contributed by atoms with Crippen LogP contribution in [-0.4, -0.2) is 33.2 Å². The predicted molar refractivity (Wildman–Crippen MR) is 41.0 cm³/mol. The summed E-state index contributed by atoms with van der Waals surface area (Å²) in [4.78, 5) is 13.5. The topological polar surface area (TPSA) is 90.7 Å². The van der Waals surface area contributed by atoms with Crippen LogP contribution in [0, 0.1) is 5.82 Å². The molecule has 5 nitrogen and oxygen atoms in total. The molecule has 0 aliphatic heterocycles. The Morgan fingerprint density at radius 2 is 2.15 bits per heavy atom. The van der Waals surface area contributed by atoms with Crippen LogP contribution in [0.2, 0.25) is 0 Å². The van der Waals surface area contributed by atoms with E-state index in [4.69, 9.17) is 15.2 Å². The zero-order valence-electron chi connectivity index (χ0n) is 6.31. The second kappa shape index (κ2) is 3.50. The highest BCUT2D eigenvalue weighted by atomic mass is 19.1. The lowest BCUT2D eigenvalue weighted by Gasteiger charge is -2.00. The average Bonchev–Trinajstić information content (AvgIpc) is 2.03. The van der Waals surface area contributed by atoms with E-state index in [9.17, 15) is 9.18 Å². The molecule has 1 heterocycles. The minimum atomic E-state index is -1.86. The highest BCUT2D eigenvalue weighted by Gasteiger charge is 2.17. The summed E-state index contributed by atoms with van der Waals surface area (Å²) in [5.41, 5.74) is -0.938. The van der Waals surface area contributed by atoms with E-state index in [2.05, 4.69) is 4.98 Å². The molecule has 0 unspecified atom stereocenters. The van der Waals surface area contributed by atoms with E-state index in [1.807, 2.05) is 0 Å². The Hall–Kier alpha value is -1.47. The molecule has 0 aliphatic rings. The van der Waals surface area contributed by atoms with Crippen LogP contribution in [0.5, 0.6) is 0 Å². The number of carboxylic acid groups (broad SMARTS) is 1. The van der Waals surface area contributed by atoms with E-state index in [-0.39, 0.29) is 5.46 Å². The summed E-state index contributed by atoms with van der Waals surface area (Å²) < 4.78 is 12.8. The summed E-state index contributed by atoms with van der Waals surface area (Å²) in [5.74, 6) is -2.60. The highest BCUT2D eigenvalue weighted by Crippen LogP contribution is 2.00. The Kier molecular flexibility index (Phi) is 2.59. The van der Waals surface area contributed by atoms with Crippen LogP contribution in [0.15, 0.2) is 12.3 Å². The quantitative estimate of drug-likeness (QED) is 0.492. The third kappa shape index (κ3) is 2.01. The van der Waals surface area contributed by atoms with Gasteiger partial charge in [-0.3, -0.25) is 0 Å². The number of pyridine rings is 1. The minimum Gasteiger partial charge on any atom is -0.476 e.